The van der Waals surface area contributed by atoms with Crippen molar-refractivity contribution < 1.29 is 19.1 Å². The maximum absolute atomic E-state index is 13.7. The SMILES string of the molecule is COC(=O)c1nc(C)ccc1-c1cc2c(cc1C(=O)Nc1ccc(CN)cc1)-c1sccc1CCO2. The van der Waals surface area contributed by atoms with Gasteiger partial charge in [0.1, 0.15) is 5.75 Å². The number of nitrogens with two attached hydrogens (primary N) is 1. The highest BCUT2D eigenvalue weighted by Crippen LogP contribution is 2.43. The molecule has 5 rings (SSSR count). The van der Waals surface area contributed by atoms with Gasteiger partial charge in [-0.2, -0.15) is 0 Å². The minimum atomic E-state index is -0.575. The van der Waals surface area contributed by atoms with Crippen LogP contribution in [0.25, 0.3) is 21.6 Å². The van der Waals surface area contributed by atoms with E-state index in [0.29, 0.717) is 47.0 Å². The molecule has 1 aliphatic heterocycles. The molecule has 7 nitrogen and oxygen atoms in total. The van der Waals surface area contributed by atoms with Crippen molar-refractivity contribution in [2.24, 2.45) is 5.73 Å². The molecule has 0 saturated heterocycles. The number of aromatic nitrogens is 1. The van der Waals surface area contributed by atoms with Crippen LogP contribution in [0, 0.1) is 6.92 Å². The average molecular weight is 500 g/mol. The normalized spacial score (nSPS) is 12.1. The predicted molar refractivity (Wildman–Crippen MR) is 141 cm³/mol. The Morgan fingerprint density at radius 3 is 2.64 bits per heavy atom. The van der Waals surface area contributed by atoms with Gasteiger partial charge in [-0.1, -0.05) is 18.2 Å². The van der Waals surface area contributed by atoms with E-state index in [9.17, 15) is 9.59 Å². The molecule has 2 aromatic heterocycles. The number of thiophene rings is 1. The molecule has 1 aliphatic rings. The van der Waals surface area contributed by atoms with Crippen LogP contribution in [0.1, 0.15) is 37.7 Å². The molecule has 182 valence electrons. The number of hydrogen-bond donors (Lipinski definition) is 2. The highest BCUT2D eigenvalue weighted by molar-refractivity contribution is 7.13. The highest BCUT2D eigenvalue weighted by atomic mass is 32.1. The molecular formula is C28H25N3O4S. The number of anilines is 1. The fourth-order valence-corrected chi connectivity index (χ4v) is 5.25. The highest BCUT2D eigenvalue weighted by Gasteiger charge is 2.26. The van der Waals surface area contributed by atoms with Crippen molar-refractivity contribution in [3.63, 3.8) is 0 Å². The Balaban J connectivity index is 1.69. The summed E-state index contributed by atoms with van der Waals surface area (Å²) in [5.41, 5.74) is 11.6. The third-order valence-electron chi connectivity index (χ3n) is 6.14. The van der Waals surface area contributed by atoms with Gasteiger partial charge in [0.25, 0.3) is 5.91 Å². The van der Waals surface area contributed by atoms with Crippen molar-refractivity contribution in [2.45, 2.75) is 19.9 Å². The molecule has 8 heteroatoms. The number of carbonyl (C=O) groups excluding carboxylic acids is 2. The minimum Gasteiger partial charge on any atom is -0.493 e. The molecule has 0 bridgehead atoms. The first kappa shape index (κ1) is 23.7. The molecule has 0 atom stereocenters. The van der Waals surface area contributed by atoms with Crippen molar-refractivity contribution >= 4 is 28.9 Å². The Morgan fingerprint density at radius 2 is 1.89 bits per heavy atom. The van der Waals surface area contributed by atoms with E-state index in [1.54, 1.807) is 30.4 Å². The van der Waals surface area contributed by atoms with Gasteiger partial charge in [0.15, 0.2) is 5.69 Å². The Bertz CT molecular complexity index is 1460. The van der Waals surface area contributed by atoms with Gasteiger partial charge < -0.3 is 20.5 Å². The molecule has 1 amide bonds. The number of nitrogens with zero attached hydrogens (tertiary/aromatic N) is 1. The van der Waals surface area contributed by atoms with Crippen molar-refractivity contribution in [1.82, 2.24) is 4.98 Å². The van der Waals surface area contributed by atoms with Gasteiger partial charge in [-0.25, -0.2) is 9.78 Å². The van der Waals surface area contributed by atoms with E-state index in [1.165, 1.54) is 12.7 Å². The van der Waals surface area contributed by atoms with Crippen LogP contribution in [0.5, 0.6) is 5.75 Å². The van der Waals surface area contributed by atoms with Crippen LogP contribution in [-0.2, 0) is 17.7 Å². The summed E-state index contributed by atoms with van der Waals surface area (Å²) >= 11 is 1.62. The van der Waals surface area contributed by atoms with Crippen LogP contribution in [0.15, 0.2) is 60.0 Å². The quantitative estimate of drug-likeness (QED) is 0.365. The number of rotatable bonds is 5. The predicted octanol–water partition coefficient (Wildman–Crippen LogP) is 5.22. The van der Waals surface area contributed by atoms with Gasteiger partial charge in [0.05, 0.1) is 13.7 Å². The monoisotopic (exact) mass is 499 g/mol. The number of pyridine rings is 1. The number of methoxy groups -OCH3 is 1. The molecule has 0 spiro atoms. The van der Waals surface area contributed by atoms with Crippen LogP contribution >= 0.6 is 11.3 Å². The van der Waals surface area contributed by atoms with E-state index >= 15 is 0 Å². The van der Waals surface area contributed by atoms with Crippen LogP contribution in [-0.4, -0.2) is 30.6 Å². The summed E-state index contributed by atoms with van der Waals surface area (Å²) in [6.45, 7) is 2.74. The second-order valence-corrected chi connectivity index (χ2v) is 9.38. The topological polar surface area (TPSA) is 104 Å². The molecule has 0 fully saturated rings. The molecule has 0 unspecified atom stereocenters. The van der Waals surface area contributed by atoms with E-state index < -0.39 is 5.97 Å². The van der Waals surface area contributed by atoms with Gasteiger partial charge in [0, 0.05) is 51.5 Å². The van der Waals surface area contributed by atoms with Crippen LogP contribution in [0.3, 0.4) is 0 Å². The third kappa shape index (κ3) is 4.48. The molecule has 0 radical (unpaired) electrons. The van der Waals surface area contributed by atoms with Gasteiger partial charge in [-0.15, -0.1) is 11.3 Å². The fraction of sp³-hybridized carbons (Fsp3) is 0.179. The maximum Gasteiger partial charge on any atom is 0.357 e. The number of aryl methyl sites for hydroxylation is 1. The van der Waals surface area contributed by atoms with Crippen molar-refractivity contribution in [3.8, 4) is 27.3 Å². The standard InChI is InChI=1S/C28H25N3O4S/c1-16-3-8-20(25(30-16)28(33)34-2)21-14-24-23(26-18(9-11-35-24)10-12-36-26)13-22(21)27(32)31-19-6-4-17(15-29)5-7-19/h3-8,10,12-14H,9,11,15,29H2,1-2H3,(H,31,32). The van der Waals surface area contributed by atoms with E-state index in [0.717, 1.165) is 22.4 Å². The lowest BCUT2D eigenvalue weighted by molar-refractivity contribution is 0.0594. The summed E-state index contributed by atoms with van der Waals surface area (Å²) in [7, 11) is 1.31. The maximum atomic E-state index is 13.7. The first-order valence-corrected chi connectivity index (χ1v) is 12.4. The molecule has 3 N–H and O–H groups in total. The summed E-state index contributed by atoms with van der Waals surface area (Å²) in [5, 5.41) is 5.03. The first-order valence-electron chi connectivity index (χ1n) is 11.5. The molecule has 0 aliphatic carbocycles. The second kappa shape index (κ2) is 9.93. The minimum absolute atomic E-state index is 0.143. The summed E-state index contributed by atoms with van der Waals surface area (Å²) in [6.07, 6.45) is 0.775. The van der Waals surface area contributed by atoms with E-state index in [2.05, 4.69) is 16.4 Å². The zero-order chi connectivity index (χ0) is 25.2. The number of fused-ring (bicyclic) bond motifs is 3. The summed E-state index contributed by atoms with van der Waals surface area (Å²) in [4.78, 5) is 31.8. The summed E-state index contributed by atoms with van der Waals surface area (Å²) in [5.74, 6) is -0.229. The van der Waals surface area contributed by atoms with Crippen LogP contribution in [0.4, 0.5) is 5.69 Å². The van der Waals surface area contributed by atoms with E-state index in [1.807, 2.05) is 41.8 Å². The van der Waals surface area contributed by atoms with Crippen LogP contribution in [0.2, 0.25) is 0 Å². The lowest BCUT2D eigenvalue weighted by Gasteiger charge is -2.17. The van der Waals surface area contributed by atoms with Crippen molar-refractivity contribution in [2.75, 3.05) is 19.0 Å². The Labute approximate surface area is 212 Å². The second-order valence-electron chi connectivity index (χ2n) is 8.46. The Morgan fingerprint density at radius 1 is 1.08 bits per heavy atom. The number of esters is 1. The molecule has 3 heterocycles. The van der Waals surface area contributed by atoms with Crippen molar-refractivity contribution in [1.29, 1.82) is 0 Å². The Hall–Kier alpha value is -4.01. The first-order chi connectivity index (χ1) is 17.5. The number of hydrogen-bond acceptors (Lipinski definition) is 7. The zero-order valence-electron chi connectivity index (χ0n) is 20.0. The number of amides is 1. The number of ether oxygens (including phenoxy) is 2. The zero-order valence-corrected chi connectivity index (χ0v) is 20.8. The fourth-order valence-electron chi connectivity index (χ4n) is 4.28. The van der Waals surface area contributed by atoms with Crippen LogP contribution < -0.4 is 15.8 Å². The lowest BCUT2D eigenvalue weighted by atomic mass is 9.93. The van der Waals surface area contributed by atoms with E-state index in [-0.39, 0.29) is 11.6 Å². The molecule has 2 aromatic carbocycles. The smallest absolute Gasteiger partial charge is 0.357 e. The largest absolute Gasteiger partial charge is 0.493 e. The van der Waals surface area contributed by atoms with Gasteiger partial charge in [-0.05, 0) is 59.8 Å². The molecule has 36 heavy (non-hydrogen) atoms. The Kier molecular flexibility index (Phi) is 6.54. The van der Waals surface area contributed by atoms with E-state index in [4.69, 9.17) is 15.2 Å². The summed E-state index contributed by atoms with van der Waals surface area (Å²) in [6, 6.07) is 16.7. The summed E-state index contributed by atoms with van der Waals surface area (Å²) < 4.78 is 11.1. The molecule has 4 aromatic rings. The lowest BCUT2D eigenvalue weighted by Crippen LogP contribution is -2.15. The average Bonchev–Trinajstić information content (AvgIpc) is 3.29. The molecule has 0 saturated carbocycles. The van der Waals surface area contributed by atoms with Gasteiger partial charge in [-0.3, -0.25) is 4.79 Å². The third-order valence-corrected chi connectivity index (χ3v) is 7.13. The number of carbonyl (C=O) groups is 2. The number of nitrogens with one attached hydrogen (secondary N) is 1. The van der Waals surface area contributed by atoms with Crippen molar-refractivity contribution in [3.05, 3.63) is 88.1 Å². The number of benzene rings is 2. The molecular weight excluding hydrogens is 474 g/mol. The van der Waals surface area contributed by atoms with Gasteiger partial charge >= 0.3 is 5.97 Å². The van der Waals surface area contributed by atoms with Gasteiger partial charge in [0.2, 0.25) is 0 Å².